The molecule has 0 aliphatic carbocycles. The van der Waals surface area contributed by atoms with Crippen LogP contribution >= 0.6 is 0 Å². The lowest BCUT2D eigenvalue weighted by Gasteiger charge is -2.13. The molecular formula is C11H22O3. The average molecular weight is 202 g/mol. The molecule has 0 aromatic heterocycles. The lowest BCUT2D eigenvalue weighted by molar-refractivity contribution is -0.145. The van der Waals surface area contributed by atoms with Gasteiger partial charge in [-0.05, 0) is 13.8 Å². The van der Waals surface area contributed by atoms with E-state index in [1.807, 2.05) is 20.8 Å². The zero-order valence-corrected chi connectivity index (χ0v) is 9.92. The summed E-state index contributed by atoms with van der Waals surface area (Å²) in [6, 6.07) is 0. The number of esters is 1. The van der Waals surface area contributed by atoms with Crippen molar-refractivity contribution >= 4 is 5.97 Å². The van der Waals surface area contributed by atoms with Crippen molar-refractivity contribution in [3.05, 3.63) is 12.2 Å². The molecule has 84 valence electrons. The molecule has 0 saturated carbocycles. The van der Waals surface area contributed by atoms with Crippen LogP contribution < -0.4 is 0 Å². The van der Waals surface area contributed by atoms with Crippen molar-refractivity contribution < 1.29 is 14.3 Å². The highest BCUT2D eigenvalue weighted by Crippen LogP contribution is 2.10. The molecule has 0 aromatic carbocycles. The van der Waals surface area contributed by atoms with Crippen LogP contribution in [0.1, 0.15) is 27.7 Å². The maximum Gasteiger partial charge on any atom is 0.315 e. The van der Waals surface area contributed by atoms with Crippen molar-refractivity contribution in [3.8, 4) is 0 Å². The molecule has 1 atom stereocenters. The van der Waals surface area contributed by atoms with Crippen molar-refractivity contribution in [1.29, 1.82) is 0 Å². The van der Waals surface area contributed by atoms with Crippen LogP contribution in [0.25, 0.3) is 0 Å². The van der Waals surface area contributed by atoms with E-state index in [9.17, 15) is 4.79 Å². The summed E-state index contributed by atoms with van der Waals surface area (Å²) in [6.45, 7) is 12.3. The van der Waals surface area contributed by atoms with Gasteiger partial charge in [0.1, 0.15) is 5.92 Å². The number of carbonyl (C=O) groups excluding carboxylic acids is 1. The van der Waals surface area contributed by atoms with Gasteiger partial charge in [-0.1, -0.05) is 26.0 Å². The Hall–Kier alpha value is -0.830. The van der Waals surface area contributed by atoms with Gasteiger partial charge in [0.15, 0.2) is 0 Å². The fourth-order valence-corrected chi connectivity index (χ4v) is 0.789. The van der Waals surface area contributed by atoms with Gasteiger partial charge in [-0.2, -0.15) is 0 Å². The van der Waals surface area contributed by atoms with Gasteiger partial charge in [0, 0.05) is 6.61 Å². The average Bonchev–Trinajstić information content (AvgIpc) is 2.20. The molecule has 0 saturated heterocycles. The molecule has 14 heavy (non-hydrogen) atoms. The van der Waals surface area contributed by atoms with Gasteiger partial charge in [0.05, 0.1) is 13.7 Å². The van der Waals surface area contributed by atoms with E-state index in [0.717, 1.165) is 5.57 Å². The van der Waals surface area contributed by atoms with Crippen LogP contribution in [0.15, 0.2) is 12.2 Å². The molecule has 0 amide bonds. The molecule has 0 N–H and O–H groups in total. The Bertz CT molecular complexity index is 164. The van der Waals surface area contributed by atoms with Gasteiger partial charge < -0.3 is 9.47 Å². The summed E-state index contributed by atoms with van der Waals surface area (Å²) in [6.07, 6.45) is 0. The zero-order valence-electron chi connectivity index (χ0n) is 9.92. The van der Waals surface area contributed by atoms with Gasteiger partial charge >= 0.3 is 5.97 Å². The van der Waals surface area contributed by atoms with E-state index in [0.29, 0.717) is 13.2 Å². The zero-order chi connectivity index (χ0) is 11.6. The third-order valence-electron chi connectivity index (χ3n) is 1.57. The molecule has 0 aliphatic heterocycles. The van der Waals surface area contributed by atoms with E-state index in [1.54, 1.807) is 6.92 Å². The molecule has 0 aromatic rings. The van der Waals surface area contributed by atoms with E-state index in [-0.39, 0.29) is 11.9 Å². The number of ether oxygens (including phenoxy) is 2. The molecule has 3 nitrogen and oxygen atoms in total. The van der Waals surface area contributed by atoms with Crippen molar-refractivity contribution in [2.24, 2.45) is 5.92 Å². The number of rotatable bonds is 5. The molecule has 1 unspecified atom stereocenters. The predicted molar refractivity (Wildman–Crippen MR) is 58.2 cm³/mol. The minimum atomic E-state index is -0.324. The minimum absolute atomic E-state index is 0.282. The molecule has 0 aliphatic rings. The molecule has 0 radical (unpaired) electrons. The molecule has 0 heterocycles. The first-order valence-corrected chi connectivity index (χ1v) is 4.94. The van der Waals surface area contributed by atoms with Crippen molar-refractivity contribution in [2.45, 2.75) is 27.7 Å². The molecule has 0 bridgehead atoms. The second-order valence-corrected chi connectivity index (χ2v) is 2.58. The Morgan fingerprint density at radius 2 is 1.93 bits per heavy atom. The topological polar surface area (TPSA) is 35.5 Å². The molecular weight excluding hydrogens is 180 g/mol. The Morgan fingerprint density at radius 1 is 1.43 bits per heavy atom. The van der Waals surface area contributed by atoms with Gasteiger partial charge in [0.25, 0.3) is 0 Å². The highest BCUT2D eigenvalue weighted by atomic mass is 16.5. The van der Waals surface area contributed by atoms with Crippen molar-refractivity contribution in [1.82, 2.24) is 0 Å². The largest absolute Gasteiger partial charge is 0.468 e. The number of hydrogen-bond acceptors (Lipinski definition) is 3. The SMILES string of the molecule is C=C(C)C(COCC)C(=O)OC.CC. The summed E-state index contributed by atoms with van der Waals surface area (Å²) in [4.78, 5) is 11.1. The van der Waals surface area contributed by atoms with Gasteiger partial charge in [0.2, 0.25) is 0 Å². The summed E-state index contributed by atoms with van der Waals surface area (Å²) in [7, 11) is 1.37. The quantitative estimate of drug-likeness (QED) is 0.507. The summed E-state index contributed by atoms with van der Waals surface area (Å²) in [5.41, 5.74) is 0.773. The van der Waals surface area contributed by atoms with E-state index in [4.69, 9.17) is 4.74 Å². The minimum Gasteiger partial charge on any atom is -0.468 e. The Morgan fingerprint density at radius 3 is 2.21 bits per heavy atom. The number of carbonyl (C=O) groups is 1. The summed E-state index contributed by atoms with van der Waals surface area (Å²) in [5.74, 6) is -0.606. The fraction of sp³-hybridized carbons (Fsp3) is 0.727. The van der Waals surface area contributed by atoms with Crippen LogP contribution in [0.5, 0.6) is 0 Å². The molecule has 0 rings (SSSR count). The van der Waals surface area contributed by atoms with Crippen molar-refractivity contribution in [3.63, 3.8) is 0 Å². The molecule has 0 spiro atoms. The van der Waals surface area contributed by atoms with E-state index < -0.39 is 0 Å². The fourth-order valence-electron chi connectivity index (χ4n) is 0.789. The van der Waals surface area contributed by atoms with Crippen LogP contribution in [-0.2, 0) is 14.3 Å². The van der Waals surface area contributed by atoms with E-state index >= 15 is 0 Å². The lowest BCUT2D eigenvalue weighted by Crippen LogP contribution is -2.22. The Labute approximate surface area is 87.1 Å². The normalized spacial score (nSPS) is 10.9. The van der Waals surface area contributed by atoms with Gasteiger partial charge in [-0.25, -0.2) is 0 Å². The first kappa shape index (κ1) is 15.6. The predicted octanol–water partition coefficient (Wildman–Crippen LogP) is 2.41. The highest BCUT2D eigenvalue weighted by Gasteiger charge is 2.19. The standard InChI is InChI=1S/C9H16O3.C2H6/c1-5-12-6-8(7(2)3)9(10)11-4;1-2/h8H,2,5-6H2,1,3-4H3;1-2H3. The monoisotopic (exact) mass is 202 g/mol. The second kappa shape index (κ2) is 10.3. The summed E-state index contributed by atoms with van der Waals surface area (Å²) < 4.78 is 9.71. The van der Waals surface area contributed by atoms with Crippen LogP contribution in [-0.4, -0.2) is 26.3 Å². The summed E-state index contributed by atoms with van der Waals surface area (Å²) in [5, 5.41) is 0. The van der Waals surface area contributed by atoms with E-state index in [1.165, 1.54) is 7.11 Å². The van der Waals surface area contributed by atoms with Crippen LogP contribution in [0, 0.1) is 5.92 Å². The summed E-state index contributed by atoms with van der Waals surface area (Å²) >= 11 is 0. The second-order valence-electron chi connectivity index (χ2n) is 2.58. The van der Waals surface area contributed by atoms with Gasteiger partial charge in [-0.3, -0.25) is 4.79 Å². The first-order chi connectivity index (χ1) is 6.63. The maximum absolute atomic E-state index is 11.1. The highest BCUT2D eigenvalue weighted by molar-refractivity contribution is 5.75. The number of hydrogen-bond donors (Lipinski definition) is 0. The van der Waals surface area contributed by atoms with Crippen LogP contribution in [0.4, 0.5) is 0 Å². The lowest BCUT2D eigenvalue weighted by atomic mass is 10.0. The maximum atomic E-state index is 11.1. The van der Waals surface area contributed by atoms with Crippen molar-refractivity contribution in [2.75, 3.05) is 20.3 Å². The number of methoxy groups -OCH3 is 1. The Kier molecular flexibility index (Phi) is 11.4. The Balaban J connectivity index is 0. The third-order valence-corrected chi connectivity index (χ3v) is 1.57. The molecule has 0 fully saturated rings. The molecule has 3 heteroatoms. The van der Waals surface area contributed by atoms with E-state index in [2.05, 4.69) is 11.3 Å². The first-order valence-electron chi connectivity index (χ1n) is 4.94. The third kappa shape index (κ3) is 6.66. The smallest absolute Gasteiger partial charge is 0.315 e. The van der Waals surface area contributed by atoms with Gasteiger partial charge in [-0.15, -0.1) is 0 Å². The van der Waals surface area contributed by atoms with Crippen LogP contribution in [0.3, 0.4) is 0 Å². The van der Waals surface area contributed by atoms with Crippen LogP contribution in [0.2, 0.25) is 0 Å².